The van der Waals surface area contributed by atoms with Crippen molar-refractivity contribution in [3.8, 4) is 0 Å². The van der Waals surface area contributed by atoms with Gasteiger partial charge in [0, 0.05) is 0 Å². The zero-order valence-corrected chi connectivity index (χ0v) is 9.05. The minimum atomic E-state index is 0. The molecule has 4 heteroatoms. The second-order valence-electron chi connectivity index (χ2n) is 0. The van der Waals surface area contributed by atoms with Crippen molar-refractivity contribution in [3.63, 3.8) is 0 Å². The van der Waals surface area contributed by atoms with Crippen LogP contribution in [0.1, 0.15) is 5.71 Å². The molecule has 0 aromatic heterocycles. The minimum Gasteiger partial charge on any atom is -1.00 e. The zero-order valence-electron chi connectivity index (χ0n) is 6.40. The van der Waals surface area contributed by atoms with Crippen molar-refractivity contribution in [2.45, 2.75) is 0 Å². The number of hydrogen-bond donors (Lipinski definition) is 0. The summed E-state index contributed by atoms with van der Waals surface area (Å²) in [6.45, 7) is 0. The summed E-state index contributed by atoms with van der Waals surface area (Å²) in [6, 6.07) is 0. The number of hydrogen-bond acceptors (Lipinski definition) is 1. The van der Waals surface area contributed by atoms with Crippen molar-refractivity contribution in [2.24, 2.45) is 0 Å². The third kappa shape index (κ3) is 8.83. The van der Waals surface area contributed by atoms with Crippen molar-refractivity contribution >= 4 is 94.3 Å². The van der Waals surface area contributed by atoms with Crippen molar-refractivity contribution in [1.29, 1.82) is 0 Å². The first-order valence-electron chi connectivity index (χ1n) is 0.236. The van der Waals surface area contributed by atoms with E-state index in [0.717, 1.165) is 0 Å². The average Bonchev–Trinajstić information content (AvgIpc) is 1.00. The standard InChI is InChI=1S/BO.Ba.Ca.4H/c1-2;;;;;;/q;2*+2;4*-1. The van der Waals surface area contributed by atoms with Crippen LogP contribution >= 0.6 is 0 Å². The van der Waals surface area contributed by atoms with Crippen LogP contribution in [0.3, 0.4) is 0 Å². The summed E-state index contributed by atoms with van der Waals surface area (Å²) in [5.41, 5.74) is 0. The van der Waals surface area contributed by atoms with Crippen LogP contribution in [0.2, 0.25) is 0 Å². The van der Waals surface area contributed by atoms with Gasteiger partial charge in [-0.25, -0.2) is 0 Å². The van der Waals surface area contributed by atoms with Crippen LogP contribution in [0.25, 0.3) is 0 Å². The predicted molar refractivity (Wildman–Crippen MR) is 22.4 cm³/mol. The summed E-state index contributed by atoms with van der Waals surface area (Å²) in [5.74, 6) is 0. The second-order valence-corrected chi connectivity index (χ2v) is 0. The van der Waals surface area contributed by atoms with Crippen LogP contribution in [0, 0.1) is 0 Å². The maximum Gasteiger partial charge on any atom is 2.00 e. The fourth-order valence-corrected chi connectivity index (χ4v) is 0. The van der Waals surface area contributed by atoms with Gasteiger partial charge in [0.05, 0.1) is 0 Å². The summed E-state index contributed by atoms with van der Waals surface area (Å²) in [5, 5.41) is 0. The molecule has 1 nitrogen and oxygen atoms in total. The minimum absolute atomic E-state index is 0. The molecule has 0 bridgehead atoms. The largest absolute Gasteiger partial charge is 2.00 e. The SMILES string of the molecule is [B]=O.[Ba+2].[Ca+2].[H-].[H-].[H-].[H-]. The second kappa shape index (κ2) is 17.3. The molecule has 0 N–H and O–H groups in total. The molecule has 4 heavy (non-hydrogen) atoms. The Morgan fingerprint density at radius 2 is 1.50 bits per heavy atom. The molecule has 0 fully saturated rings. The smallest absolute Gasteiger partial charge is 1.00 e. The summed E-state index contributed by atoms with van der Waals surface area (Å²) >= 11 is 0. The zero-order chi connectivity index (χ0) is 2.00. The molecule has 0 aliphatic carbocycles. The van der Waals surface area contributed by atoms with Crippen molar-refractivity contribution in [2.75, 3.05) is 0 Å². The van der Waals surface area contributed by atoms with Gasteiger partial charge >= 0.3 is 99.0 Å². The Balaban J connectivity index is -0.000000000333. The first-order chi connectivity index (χ1) is 1.00. The molecule has 0 rings (SSSR count). The van der Waals surface area contributed by atoms with Gasteiger partial charge in [-0.3, -0.25) is 0 Å². The first kappa shape index (κ1) is 15.9. The van der Waals surface area contributed by atoms with E-state index in [1.807, 2.05) is 0 Å². The topological polar surface area (TPSA) is 17.1 Å². The van der Waals surface area contributed by atoms with Crippen LogP contribution in [0.5, 0.6) is 0 Å². The van der Waals surface area contributed by atoms with E-state index in [1.54, 1.807) is 0 Å². The van der Waals surface area contributed by atoms with Crippen LogP contribution in [0.15, 0.2) is 0 Å². The maximum atomic E-state index is 7.75. The quantitative estimate of drug-likeness (QED) is 0.476. The molecule has 1 radical (unpaired) electrons. The molecule has 0 atom stereocenters. The molecule has 0 unspecified atom stereocenters. The molecule has 0 spiro atoms. The predicted octanol–water partition coefficient (Wildman–Crippen LogP) is -0.811. The van der Waals surface area contributed by atoms with Gasteiger partial charge in [-0.05, 0) is 0 Å². The number of rotatable bonds is 0. The third-order valence-corrected chi connectivity index (χ3v) is 0. The Morgan fingerprint density at radius 3 is 1.50 bits per heavy atom. The van der Waals surface area contributed by atoms with E-state index < -0.39 is 0 Å². The summed E-state index contributed by atoms with van der Waals surface area (Å²) in [6.07, 6.45) is 0. The fraction of sp³-hybridized carbons (Fsp3) is 0. The first-order valence-corrected chi connectivity index (χ1v) is 0.236. The fourth-order valence-electron chi connectivity index (χ4n) is 0. The van der Waals surface area contributed by atoms with Gasteiger partial charge in [0.1, 0.15) is 0 Å². The third-order valence-electron chi connectivity index (χ3n) is 0. The maximum absolute atomic E-state index is 7.75. The van der Waals surface area contributed by atoms with Gasteiger partial charge in [-0.15, -0.1) is 0 Å². The Morgan fingerprint density at radius 1 is 1.50 bits per heavy atom. The van der Waals surface area contributed by atoms with Crippen LogP contribution in [-0.4, -0.2) is 94.3 Å². The molecular weight excluding hydrogens is 204 g/mol. The average molecular weight is 208 g/mol. The Hall–Kier alpha value is 2.70. The molecule has 0 saturated heterocycles. The van der Waals surface area contributed by atoms with E-state index in [-0.39, 0.29) is 92.3 Å². The van der Waals surface area contributed by atoms with Crippen LogP contribution < -0.4 is 0 Å². The van der Waals surface area contributed by atoms with Crippen LogP contribution in [0.4, 0.5) is 0 Å². The van der Waals surface area contributed by atoms with Gasteiger partial charge in [-0.1, -0.05) is 0 Å². The molecule has 0 aliphatic heterocycles. The Kier molecular flexibility index (Phi) is 68.7. The molecule has 0 aromatic carbocycles. The Bertz CT molecular complexity index is 16.0. The summed E-state index contributed by atoms with van der Waals surface area (Å²) in [7, 11) is 3.25. The molecule has 0 aliphatic rings. The molecular formula is H4BBaCaO. The van der Waals surface area contributed by atoms with E-state index in [4.69, 9.17) is 4.70 Å². The van der Waals surface area contributed by atoms with Gasteiger partial charge in [-0.2, -0.15) is 0 Å². The van der Waals surface area contributed by atoms with Crippen molar-refractivity contribution in [3.05, 3.63) is 0 Å². The van der Waals surface area contributed by atoms with Gasteiger partial charge in [0.15, 0.2) is 0 Å². The summed E-state index contributed by atoms with van der Waals surface area (Å²) < 4.78 is 7.75. The molecule has 0 saturated carbocycles. The van der Waals surface area contributed by atoms with Gasteiger partial charge in [0.25, 0.3) is 0 Å². The Labute approximate surface area is 102 Å². The normalized spacial score (nSPS) is 0.750. The molecule has 0 heterocycles. The van der Waals surface area contributed by atoms with E-state index in [9.17, 15) is 0 Å². The molecule has 0 amide bonds. The molecule has 17 valence electrons. The summed E-state index contributed by atoms with van der Waals surface area (Å²) in [4.78, 5) is 0. The molecule has 0 aromatic rings. The van der Waals surface area contributed by atoms with Crippen molar-refractivity contribution in [1.82, 2.24) is 0 Å². The van der Waals surface area contributed by atoms with E-state index in [1.165, 1.54) is 0 Å². The van der Waals surface area contributed by atoms with Gasteiger partial charge < -0.3 is 5.71 Å². The van der Waals surface area contributed by atoms with E-state index in [2.05, 4.69) is 7.72 Å². The monoisotopic (exact) mass is 209 g/mol. The van der Waals surface area contributed by atoms with Crippen LogP contribution in [-0.2, 0) is 4.70 Å². The van der Waals surface area contributed by atoms with E-state index in [0.29, 0.717) is 0 Å². The van der Waals surface area contributed by atoms with E-state index >= 15 is 0 Å². The van der Waals surface area contributed by atoms with Crippen molar-refractivity contribution < 1.29 is 10.4 Å². The van der Waals surface area contributed by atoms with Gasteiger partial charge in [0.2, 0.25) is 0 Å².